The Morgan fingerprint density at radius 3 is 2.72 bits per heavy atom. The number of rotatable bonds is 6. The van der Waals surface area contributed by atoms with E-state index in [0.29, 0.717) is 24.4 Å². The Labute approximate surface area is 189 Å². The molecule has 2 N–H and O–H groups in total. The van der Waals surface area contributed by atoms with E-state index in [1.807, 2.05) is 12.1 Å². The minimum Gasteiger partial charge on any atom is -0.481 e. The van der Waals surface area contributed by atoms with Gasteiger partial charge in [-0.2, -0.15) is 0 Å². The zero-order valence-corrected chi connectivity index (χ0v) is 19.4. The van der Waals surface area contributed by atoms with Crippen molar-refractivity contribution >= 4 is 21.7 Å². The molecule has 2 aliphatic rings. The number of anilines is 1. The fraction of sp³-hybridized carbons (Fsp3) is 0.478. The quantitative estimate of drug-likeness (QED) is 0.690. The van der Waals surface area contributed by atoms with Crippen molar-refractivity contribution in [1.82, 2.24) is 14.6 Å². The molecule has 172 valence electrons. The Morgan fingerprint density at radius 2 is 2.00 bits per heavy atom. The fourth-order valence-electron chi connectivity index (χ4n) is 4.63. The third kappa shape index (κ3) is 4.73. The maximum Gasteiger partial charge on any atom is 0.332 e. The third-order valence-electron chi connectivity index (χ3n) is 6.43. The molecule has 9 heteroatoms. The Kier molecular flexibility index (Phi) is 6.66. The van der Waals surface area contributed by atoms with E-state index >= 15 is 0 Å². The molecule has 0 radical (unpaired) electrons. The van der Waals surface area contributed by atoms with E-state index in [1.165, 1.54) is 5.56 Å². The number of aromatic nitrogens is 1. The van der Waals surface area contributed by atoms with E-state index in [2.05, 4.69) is 32.9 Å². The van der Waals surface area contributed by atoms with Crippen LogP contribution in [0.4, 0.5) is 10.5 Å². The number of methoxy groups -OCH3 is 1. The van der Waals surface area contributed by atoms with E-state index in [4.69, 9.17) is 4.74 Å². The van der Waals surface area contributed by atoms with E-state index in [9.17, 15) is 13.2 Å². The highest BCUT2D eigenvalue weighted by molar-refractivity contribution is 7.90. The fourth-order valence-corrected chi connectivity index (χ4v) is 5.93. The second-order valence-electron chi connectivity index (χ2n) is 8.30. The van der Waals surface area contributed by atoms with Gasteiger partial charge in [0.25, 0.3) is 0 Å². The summed E-state index contributed by atoms with van der Waals surface area (Å²) in [7, 11) is -2.20. The van der Waals surface area contributed by atoms with Crippen LogP contribution >= 0.6 is 0 Å². The molecule has 4 rings (SSSR count). The molecule has 1 fully saturated rings. The predicted octanol–water partition coefficient (Wildman–Crippen LogP) is 3.18. The van der Waals surface area contributed by atoms with Crippen molar-refractivity contribution in [2.45, 2.75) is 44.3 Å². The predicted molar refractivity (Wildman–Crippen MR) is 124 cm³/mol. The summed E-state index contributed by atoms with van der Waals surface area (Å²) >= 11 is 0. The monoisotopic (exact) mass is 458 g/mol. The van der Waals surface area contributed by atoms with Crippen LogP contribution in [0.1, 0.15) is 37.3 Å². The molecule has 8 nitrogen and oxygen atoms in total. The molecule has 2 aromatic rings. The standard InChI is InChI=1S/C23H30N4O4S/c1-3-27-13-10-18(11-14-27)32(29,30)26-23(28)25-22-19-6-4-5-16(19)7-8-20(22)17-9-12-24-21(15-17)31-2/h7-9,12,15,18H,3-6,10-11,13-14H2,1-2H3,(H2,25,26,28). The van der Waals surface area contributed by atoms with Gasteiger partial charge < -0.3 is 15.0 Å². The molecule has 0 unspecified atom stereocenters. The molecule has 1 aliphatic heterocycles. The molecule has 32 heavy (non-hydrogen) atoms. The lowest BCUT2D eigenvalue weighted by molar-refractivity contribution is 0.240. The molecule has 0 bridgehead atoms. The highest BCUT2D eigenvalue weighted by Gasteiger charge is 2.31. The molecular formula is C23H30N4O4S. The number of carbonyl (C=O) groups is 1. The van der Waals surface area contributed by atoms with Gasteiger partial charge in [-0.1, -0.05) is 19.1 Å². The summed E-state index contributed by atoms with van der Waals surface area (Å²) in [6.45, 7) is 4.42. The second kappa shape index (κ2) is 9.46. The van der Waals surface area contributed by atoms with Crippen molar-refractivity contribution in [2.75, 3.05) is 32.1 Å². The van der Waals surface area contributed by atoms with Crippen molar-refractivity contribution in [3.8, 4) is 17.0 Å². The minimum atomic E-state index is -3.76. The average molecular weight is 459 g/mol. The van der Waals surface area contributed by atoms with Crippen LogP contribution in [-0.4, -0.2) is 56.3 Å². The van der Waals surface area contributed by atoms with Gasteiger partial charge in [0.2, 0.25) is 15.9 Å². The lowest BCUT2D eigenvalue weighted by atomic mass is 9.98. The first kappa shape index (κ1) is 22.5. The molecule has 1 saturated heterocycles. The molecule has 1 aromatic heterocycles. The summed E-state index contributed by atoms with van der Waals surface area (Å²) in [6.07, 6.45) is 5.49. The first-order valence-electron chi connectivity index (χ1n) is 11.1. The van der Waals surface area contributed by atoms with Gasteiger partial charge in [0.05, 0.1) is 18.0 Å². The van der Waals surface area contributed by atoms with Crippen LogP contribution in [0, 0.1) is 0 Å². The van der Waals surface area contributed by atoms with Crippen LogP contribution in [0.3, 0.4) is 0 Å². The van der Waals surface area contributed by atoms with Crippen molar-refractivity contribution < 1.29 is 17.9 Å². The first-order valence-corrected chi connectivity index (χ1v) is 12.7. The van der Waals surface area contributed by atoms with Crippen molar-refractivity contribution in [1.29, 1.82) is 0 Å². The molecule has 0 saturated carbocycles. The Bertz CT molecular complexity index is 1100. The number of sulfonamides is 1. The maximum atomic E-state index is 12.8. The van der Waals surface area contributed by atoms with Crippen LogP contribution < -0.4 is 14.8 Å². The Morgan fingerprint density at radius 1 is 1.22 bits per heavy atom. The topological polar surface area (TPSA) is 101 Å². The number of carbonyl (C=O) groups excluding carboxylic acids is 1. The summed E-state index contributed by atoms with van der Waals surface area (Å²) in [6, 6.07) is 6.97. The number of amides is 2. The smallest absolute Gasteiger partial charge is 0.332 e. The highest BCUT2D eigenvalue weighted by atomic mass is 32.2. The normalized spacial score (nSPS) is 17.1. The number of fused-ring (bicyclic) bond motifs is 1. The Balaban J connectivity index is 1.57. The van der Waals surface area contributed by atoms with Crippen LogP contribution in [0.25, 0.3) is 11.1 Å². The van der Waals surface area contributed by atoms with E-state index in [1.54, 1.807) is 19.4 Å². The lowest BCUT2D eigenvalue weighted by Crippen LogP contribution is -2.46. The Hall–Kier alpha value is -2.65. The highest BCUT2D eigenvalue weighted by Crippen LogP contribution is 2.38. The van der Waals surface area contributed by atoms with Gasteiger partial charge in [-0.05, 0) is 74.5 Å². The number of urea groups is 1. The van der Waals surface area contributed by atoms with Crippen molar-refractivity contribution in [3.63, 3.8) is 0 Å². The van der Waals surface area contributed by atoms with Gasteiger partial charge in [-0.25, -0.2) is 22.9 Å². The summed E-state index contributed by atoms with van der Waals surface area (Å²) in [5.41, 5.74) is 4.55. The van der Waals surface area contributed by atoms with Crippen LogP contribution in [-0.2, 0) is 22.9 Å². The largest absolute Gasteiger partial charge is 0.481 e. The van der Waals surface area contributed by atoms with Gasteiger partial charge in [0.1, 0.15) is 0 Å². The van der Waals surface area contributed by atoms with Gasteiger partial charge >= 0.3 is 6.03 Å². The SMILES string of the molecule is CCN1CCC(S(=O)(=O)NC(=O)Nc2c(-c3ccnc(OC)c3)ccc3c2CCC3)CC1. The van der Waals surface area contributed by atoms with Gasteiger partial charge in [0.15, 0.2) is 0 Å². The van der Waals surface area contributed by atoms with Crippen LogP contribution in [0.2, 0.25) is 0 Å². The number of likely N-dealkylation sites (tertiary alicyclic amines) is 1. The molecule has 1 aliphatic carbocycles. The number of nitrogens with zero attached hydrogens (tertiary/aromatic N) is 2. The van der Waals surface area contributed by atoms with E-state index in [-0.39, 0.29) is 0 Å². The molecular weight excluding hydrogens is 428 g/mol. The number of hydrogen-bond donors (Lipinski definition) is 2. The number of hydrogen-bond acceptors (Lipinski definition) is 6. The first-order chi connectivity index (χ1) is 15.4. The summed E-state index contributed by atoms with van der Waals surface area (Å²) in [4.78, 5) is 19.2. The number of piperidine rings is 1. The lowest BCUT2D eigenvalue weighted by Gasteiger charge is -2.30. The summed E-state index contributed by atoms with van der Waals surface area (Å²) < 4.78 is 33.2. The molecule has 0 spiro atoms. The van der Waals surface area contributed by atoms with E-state index in [0.717, 1.165) is 55.6 Å². The van der Waals surface area contributed by atoms with Gasteiger partial charge in [-0.3, -0.25) is 0 Å². The molecule has 2 amide bonds. The summed E-state index contributed by atoms with van der Waals surface area (Å²) in [5, 5.41) is 2.31. The average Bonchev–Trinajstić information content (AvgIpc) is 3.28. The summed E-state index contributed by atoms with van der Waals surface area (Å²) in [5.74, 6) is 0.472. The number of pyridine rings is 1. The second-order valence-corrected chi connectivity index (χ2v) is 10.3. The maximum absolute atomic E-state index is 12.8. The van der Waals surface area contributed by atoms with Crippen molar-refractivity contribution in [3.05, 3.63) is 41.6 Å². The number of benzene rings is 1. The zero-order valence-electron chi connectivity index (χ0n) is 18.6. The molecule has 2 heterocycles. The third-order valence-corrected chi connectivity index (χ3v) is 8.25. The number of ether oxygens (including phenoxy) is 1. The van der Waals surface area contributed by atoms with Gasteiger partial charge in [-0.15, -0.1) is 0 Å². The van der Waals surface area contributed by atoms with Crippen LogP contribution in [0.15, 0.2) is 30.5 Å². The van der Waals surface area contributed by atoms with Gasteiger partial charge in [0, 0.05) is 17.8 Å². The number of nitrogens with one attached hydrogen (secondary N) is 2. The zero-order chi connectivity index (χ0) is 22.7. The molecule has 1 aromatic carbocycles. The van der Waals surface area contributed by atoms with Crippen LogP contribution in [0.5, 0.6) is 5.88 Å². The van der Waals surface area contributed by atoms with E-state index < -0.39 is 21.3 Å². The number of aryl methyl sites for hydroxylation is 1. The molecule has 0 atom stereocenters. The minimum absolute atomic E-state index is 0.472. The van der Waals surface area contributed by atoms with Crippen molar-refractivity contribution in [2.24, 2.45) is 0 Å².